The molecule has 0 fully saturated rings. The summed E-state index contributed by atoms with van der Waals surface area (Å²) in [6, 6.07) is 0. The molecule has 2 atom stereocenters. The van der Waals surface area contributed by atoms with Gasteiger partial charge in [0.15, 0.2) is 10.3 Å². The standard InChI is InChI=1S/C8H14N4S2/c9-7(10)13-5-1-2-6(4-3-5)14-8(11)12/h1-2,5-6H,3-4H2,(H3,9,10)(H3,11,12)/t5-,6+. The number of thioether (sulfide) groups is 2. The molecule has 1 rings (SSSR count). The highest BCUT2D eigenvalue weighted by atomic mass is 32.2. The maximum Gasteiger partial charge on any atom is 0.151 e. The molecule has 0 bridgehead atoms. The van der Waals surface area contributed by atoms with E-state index in [1.807, 2.05) is 0 Å². The second kappa shape index (κ2) is 5.31. The van der Waals surface area contributed by atoms with Gasteiger partial charge in [0.05, 0.1) is 0 Å². The number of rotatable bonds is 2. The van der Waals surface area contributed by atoms with E-state index in [9.17, 15) is 0 Å². The lowest BCUT2D eigenvalue weighted by atomic mass is 10.1. The Labute approximate surface area is 91.9 Å². The quantitative estimate of drug-likeness (QED) is 0.326. The van der Waals surface area contributed by atoms with Crippen molar-refractivity contribution in [2.24, 2.45) is 11.5 Å². The fourth-order valence-electron chi connectivity index (χ4n) is 1.29. The van der Waals surface area contributed by atoms with Gasteiger partial charge in [-0.05, 0) is 12.8 Å². The molecule has 0 aromatic carbocycles. The molecule has 0 amide bonds. The third kappa shape index (κ3) is 4.06. The van der Waals surface area contributed by atoms with Crippen LogP contribution in [0, 0.1) is 10.8 Å². The van der Waals surface area contributed by atoms with E-state index in [1.165, 1.54) is 23.5 Å². The molecular formula is C8H14N4S2. The lowest BCUT2D eigenvalue weighted by Crippen LogP contribution is -2.18. The van der Waals surface area contributed by atoms with Crippen molar-refractivity contribution in [1.29, 1.82) is 10.8 Å². The van der Waals surface area contributed by atoms with Gasteiger partial charge in [0.1, 0.15) is 0 Å². The van der Waals surface area contributed by atoms with Crippen molar-refractivity contribution in [3.05, 3.63) is 12.2 Å². The number of nitrogens with one attached hydrogen (secondary N) is 2. The molecule has 1 aliphatic rings. The maximum atomic E-state index is 7.14. The van der Waals surface area contributed by atoms with Crippen LogP contribution in [0.5, 0.6) is 0 Å². The molecule has 6 N–H and O–H groups in total. The van der Waals surface area contributed by atoms with Crippen molar-refractivity contribution in [3.8, 4) is 0 Å². The minimum atomic E-state index is 0.164. The summed E-state index contributed by atoms with van der Waals surface area (Å²) in [7, 11) is 0. The van der Waals surface area contributed by atoms with Crippen LogP contribution in [0.3, 0.4) is 0 Å². The van der Waals surface area contributed by atoms with E-state index in [0.717, 1.165) is 12.8 Å². The number of hydrogen-bond donors (Lipinski definition) is 4. The predicted molar refractivity (Wildman–Crippen MR) is 65.0 cm³/mol. The zero-order valence-corrected chi connectivity index (χ0v) is 9.33. The Bertz CT molecular complexity index is 238. The molecular weight excluding hydrogens is 216 g/mol. The lowest BCUT2D eigenvalue weighted by molar-refractivity contribution is 0.755. The second-order valence-electron chi connectivity index (χ2n) is 3.00. The monoisotopic (exact) mass is 230 g/mol. The Morgan fingerprint density at radius 1 is 1.00 bits per heavy atom. The third-order valence-electron chi connectivity index (χ3n) is 1.83. The Morgan fingerprint density at radius 3 is 1.57 bits per heavy atom. The van der Waals surface area contributed by atoms with E-state index in [0.29, 0.717) is 10.5 Å². The fraction of sp³-hybridized carbons (Fsp3) is 0.500. The third-order valence-corrected chi connectivity index (χ3v) is 3.73. The number of hydrogen-bond acceptors (Lipinski definition) is 4. The maximum absolute atomic E-state index is 7.14. The smallest absolute Gasteiger partial charge is 0.151 e. The van der Waals surface area contributed by atoms with Gasteiger partial charge in [-0.2, -0.15) is 0 Å². The molecule has 0 aromatic rings. The zero-order valence-electron chi connectivity index (χ0n) is 7.69. The topological polar surface area (TPSA) is 99.7 Å². The summed E-state index contributed by atoms with van der Waals surface area (Å²) in [5, 5.41) is 15.2. The molecule has 0 radical (unpaired) electrons. The summed E-state index contributed by atoms with van der Waals surface area (Å²) in [5.74, 6) is 0. The zero-order chi connectivity index (χ0) is 10.6. The van der Waals surface area contributed by atoms with Crippen molar-refractivity contribution in [2.45, 2.75) is 23.3 Å². The summed E-state index contributed by atoms with van der Waals surface area (Å²) in [5.41, 5.74) is 10.6. The van der Waals surface area contributed by atoms with Crippen LogP contribution in [0.2, 0.25) is 0 Å². The minimum absolute atomic E-state index is 0.164. The molecule has 0 aliphatic heterocycles. The first-order chi connectivity index (χ1) is 6.58. The highest BCUT2D eigenvalue weighted by molar-refractivity contribution is 8.14. The Kier molecular flexibility index (Phi) is 4.34. The largest absolute Gasteiger partial charge is 0.379 e. The Hall–Kier alpha value is -0.620. The highest BCUT2D eigenvalue weighted by Crippen LogP contribution is 2.28. The van der Waals surface area contributed by atoms with Gasteiger partial charge in [-0.25, -0.2) is 0 Å². The van der Waals surface area contributed by atoms with Crippen molar-refractivity contribution >= 4 is 33.9 Å². The molecule has 4 nitrogen and oxygen atoms in total. The number of nitrogens with two attached hydrogens (primary N) is 2. The van der Waals surface area contributed by atoms with Crippen molar-refractivity contribution in [2.75, 3.05) is 0 Å². The van der Waals surface area contributed by atoms with Crippen LogP contribution < -0.4 is 11.5 Å². The first-order valence-corrected chi connectivity index (χ1v) is 6.03. The average molecular weight is 230 g/mol. The molecule has 1 aliphatic carbocycles. The van der Waals surface area contributed by atoms with Gasteiger partial charge < -0.3 is 11.5 Å². The van der Waals surface area contributed by atoms with Crippen LogP contribution in [-0.4, -0.2) is 20.8 Å². The van der Waals surface area contributed by atoms with Crippen LogP contribution in [0.4, 0.5) is 0 Å². The van der Waals surface area contributed by atoms with Crippen molar-refractivity contribution < 1.29 is 0 Å². The van der Waals surface area contributed by atoms with Crippen LogP contribution in [0.25, 0.3) is 0 Å². The van der Waals surface area contributed by atoms with E-state index in [1.54, 1.807) is 0 Å². The highest BCUT2D eigenvalue weighted by Gasteiger charge is 2.17. The van der Waals surface area contributed by atoms with Crippen LogP contribution in [-0.2, 0) is 0 Å². The Morgan fingerprint density at radius 2 is 1.36 bits per heavy atom. The van der Waals surface area contributed by atoms with Gasteiger partial charge in [-0.15, -0.1) is 0 Å². The summed E-state index contributed by atoms with van der Waals surface area (Å²) in [6.07, 6.45) is 6.09. The van der Waals surface area contributed by atoms with Crippen LogP contribution >= 0.6 is 23.5 Å². The molecule has 0 unspecified atom stereocenters. The van der Waals surface area contributed by atoms with Gasteiger partial charge in [0.2, 0.25) is 0 Å². The first-order valence-electron chi connectivity index (χ1n) is 4.27. The molecule has 0 saturated carbocycles. The predicted octanol–water partition coefficient (Wildman–Crippen LogP) is 1.33. The van der Waals surface area contributed by atoms with Gasteiger partial charge in [-0.1, -0.05) is 35.7 Å². The summed E-state index contributed by atoms with van der Waals surface area (Å²) >= 11 is 2.75. The van der Waals surface area contributed by atoms with E-state index >= 15 is 0 Å². The SMILES string of the molecule is N=C(N)S[C@@H]1C=C[C@H](SC(=N)N)CC1. The molecule has 14 heavy (non-hydrogen) atoms. The Balaban J connectivity index is 2.39. The fourth-order valence-corrected chi connectivity index (χ4v) is 2.79. The second-order valence-corrected chi connectivity index (χ2v) is 5.57. The summed E-state index contributed by atoms with van der Waals surface area (Å²) in [4.78, 5) is 0. The van der Waals surface area contributed by atoms with Gasteiger partial charge in [0, 0.05) is 10.5 Å². The van der Waals surface area contributed by atoms with Gasteiger partial charge >= 0.3 is 0 Å². The minimum Gasteiger partial charge on any atom is -0.379 e. The lowest BCUT2D eigenvalue weighted by Gasteiger charge is -2.20. The normalized spacial score (nSPS) is 26.0. The molecule has 0 saturated heterocycles. The van der Waals surface area contributed by atoms with Gasteiger partial charge in [-0.3, -0.25) is 10.8 Å². The van der Waals surface area contributed by atoms with Crippen LogP contribution in [0.1, 0.15) is 12.8 Å². The molecule has 0 aromatic heterocycles. The summed E-state index contributed by atoms with van der Waals surface area (Å²) in [6.45, 7) is 0. The van der Waals surface area contributed by atoms with E-state index < -0.39 is 0 Å². The molecule has 0 heterocycles. The molecule has 6 heteroatoms. The first kappa shape index (κ1) is 11.5. The number of amidine groups is 2. The van der Waals surface area contributed by atoms with E-state index in [2.05, 4.69) is 12.2 Å². The molecule has 78 valence electrons. The van der Waals surface area contributed by atoms with Crippen molar-refractivity contribution in [3.63, 3.8) is 0 Å². The van der Waals surface area contributed by atoms with E-state index in [-0.39, 0.29) is 10.3 Å². The molecule has 0 spiro atoms. The van der Waals surface area contributed by atoms with Crippen molar-refractivity contribution in [1.82, 2.24) is 0 Å². The summed E-state index contributed by atoms with van der Waals surface area (Å²) < 4.78 is 0. The average Bonchev–Trinajstić information content (AvgIpc) is 2.06. The van der Waals surface area contributed by atoms with Gasteiger partial charge in [0.25, 0.3) is 0 Å². The van der Waals surface area contributed by atoms with E-state index in [4.69, 9.17) is 22.3 Å². The van der Waals surface area contributed by atoms with Crippen LogP contribution in [0.15, 0.2) is 12.2 Å².